The van der Waals surface area contributed by atoms with Gasteiger partial charge in [-0.2, -0.15) is 0 Å². The third kappa shape index (κ3) is 3.33. The fourth-order valence-electron chi connectivity index (χ4n) is 3.35. The highest BCUT2D eigenvalue weighted by Crippen LogP contribution is 2.26. The molecule has 0 bridgehead atoms. The molecule has 0 saturated heterocycles. The monoisotopic (exact) mass is 283 g/mol. The van der Waals surface area contributed by atoms with Crippen molar-refractivity contribution < 1.29 is 4.39 Å². The van der Waals surface area contributed by atoms with Crippen molar-refractivity contribution in [2.24, 2.45) is 0 Å². The Morgan fingerprint density at radius 1 is 1.10 bits per heavy atom. The molecule has 1 nitrogen and oxygen atoms in total. The second-order valence-corrected chi connectivity index (χ2v) is 5.97. The molecule has 1 aliphatic rings. The van der Waals surface area contributed by atoms with E-state index < -0.39 is 0 Å². The van der Waals surface area contributed by atoms with Crippen LogP contribution in [0, 0.1) is 5.82 Å². The zero-order valence-electron chi connectivity index (χ0n) is 12.5. The van der Waals surface area contributed by atoms with Crippen LogP contribution in [0.5, 0.6) is 0 Å². The van der Waals surface area contributed by atoms with Gasteiger partial charge in [0.15, 0.2) is 0 Å². The number of rotatable bonds is 5. The van der Waals surface area contributed by atoms with Crippen molar-refractivity contribution in [2.75, 3.05) is 13.6 Å². The van der Waals surface area contributed by atoms with E-state index in [2.05, 4.69) is 23.5 Å². The molecule has 0 radical (unpaired) electrons. The van der Waals surface area contributed by atoms with E-state index in [1.807, 2.05) is 13.1 Å². The van der Waals surface area contributed by atoms with Crippen LogP contribution >= 0.6 is 0 Å². The molecule has 1 N–H and O–H groups in total. The van der Waals surface area contributed by atoms with Crippen LogP contribution in [-0.2, 0) is 19.3 Å². The Morgan fingerprint density at radius 3 is 2.76 bits per heavy atom. The van der Waals surface area contributed by atoms with Crippen LogP contribution < -0.4 is 5.32 Å². The maximum atomic E-state index is 13.5. The molecule has 0 amide bonds. The topological polar surface area (TPSA) is 12.0 Å². The highest BCUT2D eigenvalue weighted by Gasteiger charge is 2.15. The van der Waals surface area contributed by atoms with Crippen molar-refractivity contribution >= 4 is 0 Å². The minimum atomic E-state index is -0.150. The Balaban J connectivity index is 1.82. The first-order chi connectivity index (χ1) is 10.3. The summed E-state index contributed by atoms with van der Waals surface area (Å²) in [4.78, 5) is 0. The van der Waals surface area contributed by atoms with E-state index >= 15 is 0 Å². The molecule has 1 unspecified atom stereocenters. The van der Waals surface area contributed by atoms with Crippen LogP contribution in [0.1, 0.15) is 34.6 Å². The molecule has 0 spiro atoms. The van der Waals surface area contributed by atoms with Crippen molar-refractivity contribution in [1.82, 2.24) is 5.32 Å². The molecule has 3 rings (SSSR count). The molecule has 0 aromatic heterocycles. The Hall–Kier alpha value is -1.67. The third-order valence-corrected chi connectivity index (χ3v) is 4.42. The van der Waals surface area contributed by atoms with Gasteiger partial charge in [-0.25, -0.2) is 4.39 Å². The van der Waals surface area contributed by atoms with Crippen molar-refractivity contribution in [1.29, 1.82) is 0 Å². The highest BCUT2D eigenvalue weighted by molar-refractivity contribution is 5.36. The number of benzene rings is 2. The highest BCUT2D eigenvalue weighted by atomic mass is 19.1. The normalized spacial score (nSPS) is 15.0. The molecule has 0 heterocycles. The van der Waals surface area contributed by atoms with Crippen LogP contribution in [0.15, 0.2) is 42.5 Å². The Bertz CT molecular complexity index is 621. The maximum Gasteiger partial charge on any atom is 0.123 e. The standard InChI is InChI=1S/C19H22FN/c1-21-13-18(17-6-3-7-19(20)12-17)11-14-8-9-15-4-2-5-16(15)10-14/h3,6-10,12,18,21H,2,4-5,11,13H2,1H3. The molecule has 1 atom stereocenters. The number of fused-ring (bicyclic) bond motifs is 1. The van der Waals surface area contributed by atoms with Gasteiger partial charge in [-0.05, 0) is 67.1 Å². The molecule has 0 aliphatic heterocycles. The van der Waals surface area contributed by atoms with Crippen LogP contribution in [0.3, 0.4) is 0 Å². The van der Waals surface area contributed by atoms with Crippen LogP contribution in [-0.4, -0.2) is 13.6 Å². The summed E-state index contributed by atoms with van der Waals surface area (Å²) < 4.78 is 13.5. The lowest BCUT2D eigenvalue weighted by atomic mass is 9.90. The van der Waals surface area contributed by atoms with E-state index in [0.29, 0.717) is 5.92 Å². The number of hydrogen-bond donors (Lipinski definition) is 1. The minimum absolute atomic E-state index is 0.150. The molecular weight excluding hydrogens is 261 g/mol. The Morgan fingerprint density at radius 2 is 1.95 bits per heavy atom. The first kappa shape index (κ1) is 14.3. The molecule has 0 fully saturated rings. The fourth-order valence-corrected chi connectivity index (χ4v) is 3.35. The van der Waals surface area contributed by atoms with Gasteiger partial charge in [0.2, 0.25) is 0 Å². The third-order valence-electron chi connectivity index (χ3n) is 4.42. The zero-order chi connectivity index (χ0) is 14.7. The van der Waals surface area contributed by atoms with Gasteiger partial charge in [0, 0.05) is 12.5 Å². The number of aryl methyl sites for hydroxylation is 2. The van der Waals surface area contributed by atoms with E-state index in [1.165, 1.54) is 42.0 Å². The lowest BCUT2D eigenvalue weighted by Gasteiger charge is -2.18. The van der Waals surface area contributed by atoms with E-state index in [9.17, 15) is 4.39 Å². The van der Waals surface area contributed by atoms with E-state index in [1.54, 1.807) is 12.1 Å². The Labute approximate surface area is 126 Å². The lowest BCUT2D eigenvalue weighted by Crippen LogP contribution is -2.19. The average molecular weight is 283 g/mol. The summed E-state index contributed by atoms with van der Waals surface area (Å²) in [5.74, 6) is 0.160. The SMILES string of the molecule is CNCC(Cc1ccc2c(c1)CCC2)c1cccc(F)c1. The summed E-state index contributed by atoms with van der Waals surface area (Å²) >= 11 is 0. The molecule has 2 aromatic rings. The van der Waals surface area contributed by atoms with Gasteiger partial charge in [-0.15, -0.1) is 0 Å². The average Bonchev–Trinajstić information content (AvgIpc) is 2.94. The van der Waals surface area contributed by atoms with Crippen molar-refractivity contribution in [2.45, 2.75) is 31.6 Å². The first-order valence-corrected chi connectivity index (χ1v) is 7.77. The molecule has 21 heavy (non-hydrogen) atoms. The Kier molecular flexibility index (Phi) is 4.35. The van der Waals surface area contributed by atoms with Crippen LogP contribution in [0.2, 0.25) is 0 Å². The van der Waals surface area contributed by atoms with Gasteiger partial charge in [-0.1, -0.05) is 30.3 Å². The predicted octanol–water partition coefficient (Wildman–Crippen LogP) is 3.86. The maximum absolute atomic E-state index is 13.5. The summed E-state index contributed by atoms with van der Waals surface area (Å²) in [7, 11) is 1.95. The molecule has 2 heteroatoms. The number of nitrogens with one attached hydrogen (secondary N) is 1. The molecule has 1 aliphatic carbocycles. The summed E-state index contributed by atoms with van der Waals surface area (Å²) in [5, 5.41) is 3.24. The zero-order valence-corrected chi connectivity index (χ0v) is 12.5. The second-order valence-electron chi connectivity index (χ2n) is 5.97. The van der Waals surface area contributed by atoms with Crippen molar-refractivity contribution in [3.63, 3.8) is 0 Å². The van der Waals surface area contributed by atoms with Gasteiger partial charge < -0.3 is 5.32 Å². The minimum Gasteiger partial charge on any atom is -0.319 e. The molecule has 2 aromatic carbocycles. The fraction of sp³-hybridized carbons (Fsp3) is 0.368. The molecular formula is C19H22FN. The summed E-state index contributed by atoms with van der Waals surface area (Å²) in [6.07, 6.45) is 4.67. The summed E-state index contributed by atoms with van der Waals surface area (Å²) in [5.41, 5.74) is 5.45. The number of hydrogen-bond acceptors (Lipinski definition) is 1. The van der Waals surface area contributed by atoms with E-state index in [4.69, 9.17) is 0 Å². The summed E-state index contributed by atoms with van der Waals surface area (Å²) in [6, 6.07) is 13.9. The largest absolute Gasteiger partial charge is 0.319 e. The number of halogens is 1. The van der Waals surface area contributed by atoms with E-state index in [-0.39, 0.29) is 5.82 Å². The van der Waals surface area contributed by atoms with Crippen LogP contribution in [0.4, 0.5) is 4.39 Å². The first-order valence-electron chi connectivity index (χ1n) is 7.77. The molecule has 110 valence electrons. The van der Waals surface area contributed by atoms with Gasteiger partial charge in [0.05, 0.1) is 0 Å². The number of likely N-dealkylation sites (N-methyl/N-ethyl adjacent to an activating group) is 1. The van der Waals surface area contributed by atoms with Gasteiger partial charge in [0.1, 0.15) is 5.82 Å². The van der Waals surface area contributed by atoms with Gasteiger partial charge >= 0.3 is 0 Å². The predicted molar refractivity (Wildman–Crippen MR) is 85.2 cm³/mol. The quantitative estimate of drug-likeness (QED) is 0.878. The summed E-state index contributed by atoms with van der Waals surface area (Å²) in [6.45, 7) is 0.862. The van der Waals surface area contributed by atoms with Crippen LogP contribution in [0.25, 0.3) is 0 Å². The second kappa shape index (κ2) is 6.40. The van der Waals surface area contributed by atoms with Crippen molar-refractivity contribution in [3.05, 3.63) is 70.5 Å². The van der Waals surface area contributed by atoms with Gasteiger partial charge in [-0.3, -0.25) is 0 Å². The smallest absolute Gasteiger partial charge is 0.123 e. The lowest BCUT2D eigenvalue weighted by molar-refractivity contribution is 0.600. The van der Waals surface area contributed by atoms with Crippen molar-refractivity contribution in [3.8, 4) is 0 Å². The van der Waals surface area contributed by atoms with Gasteiger partial charge in [0.25, 0.3) is 0 Å². The van der Waals surface area contributed by atoms with E-state index in [0.717, 1.165) is 18.5 Å². The molecule has 0 saturated carbocycles.